The molecule has 11 heteroatoms. The number of likely N-dealkylation sites (N-methyl/N-ethyl adjacent to an activating group) is 1. The van der Waals surface area contributed by atoms with Gasteiger partial charge in [0.05, 0.1) is 12.1 Å². The lowest BCUT2D eigenvalue weighted by Crippen LogP contribution is -2.58. The first-order valence-electron chi connectivity index (χ1n) is 19.3. The zero-order chi connectivity index (χ0) is 39.9. The van der Waals surface area contributed by atoms with Crippen LogP contribution >= 0.6 is 0 Å². The van der Waals surface area contributed by atoms with Crippen molar-refractivity contribution in [2.75, 3.05) is 13.1 Å². The van der Waals surface area contributed by atoms with Gasteiger partial charge in [0.2, 0.25) is 11.8 Å². The molecule has 0 saturated carbocycles. The van der Waals surface area contributed by atoms with Gasteiger partial charge in [-0.3, -0.25) is 19.4 Å². The number of nitrogens with two attached hydrogens (primary N) is 1. The zero-order valence-electron chi connectivity index (χ0n) is 32.7. The van der Waals surface area contributed by atoms with Gasteiger partial charge in [-0.2, -0.15) is 0 Å². The number of aromatic nitrogens is 1. The minimum Gasteiger partial charge on any atom is -0.445 e. The average Bonchev–Trinajstić information content (AvgIpc) is 3.20. The molecule has 0 aliphatic rings. The van der Waals surface area contributed by atoms with Crippen molar-refractivity contribution >= 4 is 34.5 Å². The van der Waals surface area contributed by atoms with Crippen LogP contribution in [0.25, 0.3) is 10.8 Å². The van der Waals surface area contributed by atoms with E-state index in [0.29, 0.717) is 18.7 Å². The van der Waals surface area contributed by atoms with Crippen LogP contribution < -0.4 is 16.4 Å². The summed E-state index contributed by atoms with van der Waals surface area (Å²) in [5.74, 6) is -2.42. The Morgan fingerprint density at radius 1 is 0.836 bits per heavy atom. The zero-order valence-corrected chi connectivity index (χ0v) is 32.7. The predicted molar refractivity (Wildman–Crippen MR) is 215 cm³/mol. The number of rotatable bonds is 20. The SMILES string of the molecule is CCC(C)CN(CC)C(=O)C(N)[C@@H](O)[C@H](CC(C)C)C(=O)C(Cc1cccnc1)NC(=O)[C@H](Cc1cccc2ccccc12)NC(=O)OCc1ccccc1. The number of carbonyl (C=O) groups excluding carboxylic acids is 4. The summed E-state index contributed by atoms with van der Waals surface area (Å²) < 4.78 is 5.52. The maximum absolute atomic E-state index is 14.7. The number of ketones is 1. The van der Waals surface area contributed by atoms with Crippen molar-refractivity contribution in [1.29, 1.82) is 0 Å². The highest BCUT2D eigenvalue weighted by atomic mass is 16.5. The number of carbonyl (C=O) groups is 4. The summed E-state index contributed by atoms with van der Waals surface area (Å²) in [5.41, 5.74) is 8.74. The first-order chi connectivity index (χ1) is 26.4. The number of hydrogen-bond acceptors (Lipinski definition) is 8. The Labute approximate surface area is 325 Å². The fraction of sp³-hybridized carbons (Fsp3) is 0.432. The molecular weight excluding hydrogens is 695 g/mol. The second-order valence-electron chi connectivity index (χ2n) is 14.8. The van der Waals surface area contributed by atoms with Crippen LogP contribution in [0.4, 0.5) is 4.79 Å². The van der Waals surface area contributed by atoms with E-state index in [4.69, 9.17) is 10.5 Å². The number of Topliss-reactive ketones (excluding diaryl/α,β-unsaturated/α-hetero) is 1. The number of hydrogen-bond donors (Lipinski definition) is 4. The Morgan fingerprint density at radius 2 is 1.53 bits per heavy atom. The lowest BCUT2D eigenvalue weighted by Gasteiger charge is -2.34. The minimum absolute atomic E-state index is 0.00202. The first kappa shape index (κ1) is 42.6. The summed E-state index contributed by atoms with van der Waals surface area (Å²) in [6, 6.07) is 22.6. The largest absolute Gasteiger partial charge is 0.445 e. The van der Waals surface area contributed by atoms with E-state index in [0.717, 1.165) is 28.3 Å². The van der Waals surface area contributed by atoms with Gasteiger partial charge in [-0.05, 0) is 58.7 Å². The van der Waals surface area contributed by atoms with Gasteiger partial charge in [0.1, 0.15) is 18.7 Å². The Balaban J connectivity index is 1.66. The van der Waals surface area contributed by atoms with E-state index < -0.39 is 53.8 Å². The summed E-state index contributed by atoms with van der Waals surface area (Å²) in [6.07, 6.45) is 2.15. The van der Waals surface area contributed by atoms with Crippen molar-refractivity contribution in [2.45, 2.75) is 91.1 Å². The number of alkyl carbamates (subject to hydrolysis) is 1. The van der Waals surface area contributed by atoms with E-state index in [9.17, 15) is 24.3 Å². The Bertz CT molecular complexity index is 1830. The van der Waals surface area contributed by atoms with Crippen LogP contribution in [-0.4, -0.2) is 76.0 Å². The molecule has 0 bridgehead atoms. The number of nitrogens with one attached hydrogen (secondary N) is 2. The molecule has 0 radical (unpaired) electrons. The summed E-state index contributed by atoms with van der Waals surface area (Å²) in [7, 11) is 0. The molecule has 294 valence electrons. The maximum atomic E-state index is 14.7. The average molecular weight is 752 g/mol. The van der Waals surface area contributed by atoms with Crippen LogP contribution in [0.15, 0.2) is 97.3 Å². The lowest BCUT2D eigenvalue weighted by atomic mass is 9.81. The molecule has 0 aliphatic heterocycles. The molecular formula is C44H57N5O6. The molecule has 11 nitrogen and oxygen atoms in total. The Kier molecular flexibility index (Phi) is 16.3. The highest BCUT2D eigenvalue weighted by Crippen LogP contribution is 2.24. The molecule has 0 saturated heterocycles. The predicted octanol–water partition coefficient (Wildman–Crippen LogP) is 5.61. The van der Waals surface area contributed by atoms with Crippen molar-refractivity contribution in [2.24, 2.45) is 23.5 Å². The monoisotopic (exact) mass is 751 g/mol. The molecule has 5 N–H and O–H groups in total. The van der Waals surface area contributed by atoms with Gasteiger partial charge in [-0.25, -0.2) is 4.79 Å². The highest BCUT2D eigenvalue weighted by molar-refractivity contribution is 5.95. The van der Waals surface area contributed by atoms with Gasteiger partial charge in [-0.15, -0.1) is 0 Å². The number of fused-ring (bicyclic) bond motifs is 1. The standard InChI is InChI=1S/C44H57N5O6/c1-6-30(5)27-49(7-2)43(53)39(45)41(51)36(23-29(3)4)40(50)37(24-32-17-14-22-46-26-32)47-42(52)38(48-44(54)55-28-31-15-9-8-10-16-31)25-34-20-13-19-33-18-11-12-21-35(33)34/h8-22,26,29-30,36-39,41,51H,6-7,23-25,27-28,45H2,1-5H3,(H,47,52)(H,48,54)/t30?,36-,37?,38+,39?,41+/m1/s1. The maximum Gasteiger partial charge on any atom is 0.408 e. The van der Waals surface area contributed by atoms with Gasteiger partial charge in [0.25, 0.3) is 0 Å². The second kappa shape index (κ2) is 21.1. The normalized spacial score (nSPS) is 14.6. The van der Waals surface area contributed by atoms with Crippen LogP contribution in [0.3, 0.4) is 0 Å². The molecule has 0 spiro atoms. The second-order valence-corrected chi connectivity index (χ2v) is 14.8. The molecule has 0 aliphatic carbocycles. The van der Waals surface area contributed by atoms with E-state index in [2.05, 4.69) is 15.6 Å². The molecule has 3 amide bonds. The topological polar surface area (TPSA) is 164 Å². The van der Waals surface area contributed by atoms with Crippen molar-refractivity contribution in [3.8, 4) is 0 Å². The molecule has 3 aromatic carbocycles. The third kappa shape index (κ3) is 12.4. The first-order valence-corrected chi connectivity index (χ1v) is 19.3. The smallest absolute Gasteiger partial charge is 0.408 e. The van der Waals surface area contributed by atoms with E-state index in [1.165, 1.54) is 0 Å². The third-order valence-electron chi connectivity index (χ3n) is 10.0. The van der Waals surface area contributed by atoms with Crippen molar-refractivity contribution < 1.29 is 29.0 Å². The van der Waals surface area contributed by atoms with Crippen molar-refractivity contribution in [3.05, 3.63) is 114 Å². The number of amides is 3. The van der Waals surface area contributed by atoms with Crippen LogP contribution in [0.2, 0.25) is 0 Å². The molecule has 1 heterocycles. The van der Waals surface area contributed by atoms with E-state index in [1.807, 2.05) is 107 Å². The fourth-order valence-electron chi connectivity index (χ4n) is 6.73. The van der Waals surface area contributed by atoms with E-state index in [1.54, 1.807) is 29.4 Å². The van der Waals surface area contributed by atoms with Gasteiger partial charge in [-0.1, -0.05) is 113 Å². The molecule has 4 rings (SSSR count). The minimum atomic E-state index is -1.51. The number of pyridine rings is 1. The molecule has 3 unspecified atom stereocenters. The number of aliphatic hydroxyl groups is 1. The number of benzene rings is 3. The molecule has 6 atom stereocenters. The number of aliphatic hydroxyl groups excluding tert-OH is 1. The summed E-state index contributed by atoms with van der Waals surface area (Å²) in [4.78, 5) is 61.8. The molecule has 1 aromatic heterocycles. The highest BCUT2D eigenvalue weighted by Gasteiger charge is 2.40. The fourth-order valence-corrected chi connectivity index (χ4v) is 6.73. The summed E-state index contributed by atoms with van der Waals surface area (Å²) in [6.45, 7) is 10.7. The molecule has 4 aromatic rings. The van der Waals surface area contributed by atoms with Crippen LogP contribution in [0.1, 0.15) is 64.2 Å². The summed E-state index contributed by atoms with van der Waals surface area (Å²) in [5, 5.41) is 19.3. The van der Waals surface area contributed by atoms with Gasteiger partial charge in [0.15, 0.2) is 5.78 Å². The van der Waals surface area contributed by atoms with Gasteiger partial charge >= 0.3 is 6.09 Å². The van der Waals surface area contributed by atoms with Crippen LogP contribution in [0, 0.1) is 17.8 Å². The quantitative estimate of drug-likeness (QED) is 0.0905. The van der Waals surface area contributed by atoms with Crippen LogP contribution in [-0.2, 0) is 38.6 Å². The Hall–Kier alpha value is -5.13. The van der Waals surface area contributed by atoms with Crippen LogP contribution in [0.5, 0.6) is 0 Å². The van der Waals surface area contributed by atoms with Crippen molar-refractivity contribution in [1.82, 2.24) is 20.5 Å². The number of nitrogens with zero attached hydrogens (tertiary/aromatic N) is 2. The lowest BCUT2D eigenvalue weighted by molar-refractivity contribution is -0.140. The van der Waals surface area contributed by atoms with Gasteiger partial charge in [0, 0.05) is 44.2 Å². The number of ether oxygens (including phenoxy) is 1. The van der Waals surface area contributed by atoms with E-state index in [-0.39, 0.29) is 37.7 Å². The summed E-state index contributed by atoms with van der Waals surface area (Å²) >= 11 is 0. The third-order valence-corrected chi connectivity index (χ3v) is 10.0. The Morgan fingerprint density at radius 3 is 2.20 bits per heavy atom. The van der Waals surface area contributed by atoms with Crippen molar-refractivity contribution in [3.63, 3.8) is 0 Å². The van der Waals surface area contributed by atoms with E-state index >= 15 is 0 Å². The molecule has 55 heavy (non-hydrogen) atoms. The molecule has 0 fully saturated rings. The van der Waals surface area contributed by atoms with Gasteiger partial charge < -0.3 is 31.1 Å².